The molecule has 2 heterocycles. The first kappa shape index (κ1) is 9.65. The van der Waals surface area contributed by atoms with Crippen molar-refractivity contribution in [3.8, 4) is 0 Å². The maximum Gasteiger partial charge on any atom is 0.137 e. The molecule has 1 aromatic heterocycles. The first-order valence-corrected chi connectivity index (χ1v) is 5.37. The Kier molecular flexibility index (Phi) is 3.51. The Labute approximate surface area is 84.1 Å². The highest BCUT2D eigenvalue weighted by Crippen LogP contribution is 2.19. The Morgan fingerprint density at radius 3 is 3.29 bits per heavy atom. The van der Waals surface area contributed by atoms with Crippen LogP contribution in [-0.4, -0.2) is 28.4 Å². The van der Waals surface area contributed by atoms with Crippen molar-refractivity contribution in [2.75, 3.05) is 13.2 Å². The van der Waals surface area contributed by atoms with E-state index in [1.807, 2.05) is 0 Å². The summed E-state index contributed by atoms with van der Waals surface area (Å²) >= 11 is 0. The Hall–Kier alpha value is -0.900. The highest BCUT2D eigenvalue weighted by molar-refractivity contribution is 4.80. The highest BCUT2D eigenvalue weighted by Gasteiger charge is 2.13. The summed E-state index contributed by atoms with van der Waals surface area (Å²) < 4.78 is 5.43. The van der Waals surface area contributed by atoms with Crippen LogP contribution in [0, 0.1) is 5.92 Å². The smallest absolute Gasteiger partial charge is 0.137 e. The van der Waals surface area contributed by atoms with Crippen molar-refractivity contribution in [2.24, 2.45) is 5.92 Å². The topological polar surface area (TPSA) is 50.8 Å². The lowest BCUT2D eigenvalue weighted by molar-refractivity contribution is 0.0509. The number of aryl methyl sites for hydroxylation is 1. The Morgan fingerprint density at radius 1 is 1.57 bits per heavy atom. The van der Waals surface area contributed by atoms with Gasteiger partial charge in [-0.3, -0.25) is 5.10 Å². The Bertz CT molecular complexity index is 242. The van der Waals surface area contributed by atoms with Crippen LogP contribution in [0.4, 0.5) is 0 Å². The van der Waals surface area contributed by atoms with E-state index in [1.54, 1.807) is 6.33 Å². The molecule has 0 bridgehead atoms. The van der Waals surface area contributed by atoms with Crippen LogP contribution in [0.5, 0.6) is 0 Å². The van der Waals surface area contributed by atoms with Gasteiger partial charge in [-0.2, -0.15) is 5.10 Å². The van der Waals surface area contributed by atoms with Gasteiger partial charge in [0.15, 0.2) is 0 Å². The van der Waals surface area contributed by atoms with Crippen LogP contribution in [0.15, 0.2) is 6.33 Å². The van der Waals surface area contributed by atoms with E-state index in [2.05, 4.69) is 15.2 Å². The van der Waals surface area contributed by atoms with Crippen LogP contribution in [-0.2, 0) is 11.2 Å². The monoisotopic (exact) mass is 195 g/mol. The molecule has 0 aliphatic carbocycles. The van der Waals surface area contributed by atoms with E-state index in [1.165, 1.54) is 25.7 Å². The van der Waals surface area contributed by atoms with Crippen LogP contribution in [0.2, 0.25) is 0 Å². The van der Waals surface area contributed by atoms with E-state index >= 15 is 0 Å². The van der Waals surface area contributed by atoms with Gasteiger partial charge in [0, 0.05) is 19.6 Å². The van der Waals surface area contributed by atoms with Crippen molar-refractivity contribution in [3.63, 3.8) is 0 Å². The molecule has 4 nitrogen and oxygen atoms in total. The maximum atomic E-state index is 5.43. The lowest BCUT2D eigenvalue weighted by Gasteiger charge is -2.21. The molecule has 0 spiro atoms. The summed E-state index contributed by atoms with van der Waals surface area (Å²) in [6.07, 6.45) is 7.57. The first-order valence-electron chi connectivity index (χ1n) is 5.37. The second-order valence-corrected chi connectivity index (χ2v) is 3.91. The number of aromatic amines is 1. The molecule has 1 aromatic rings. The largest absolute Gasteiger partial charge is 0.381 e. The summed E-state index contributed by atoms with van der Waals surface area (Å²) in [5.74, 6) is 1.77. The highest BCUT2D eigenvalue weighted by atomic mass is 16.5. The summed E-state index contributed by atoms with van der Waals surface area (Å²) in [6.45, 7) is 1.91. The van der Waals surface area contributed by atoms with Crippen LogP contribution in [0.1, 0.15) is 31.5 Å². The third-order valence-corrected chi connectivity index (χ3v) is 2.75. The van der Waals surface area contributed by atoms with Crippen LogP contribution in [0.25, 0.3) is 0 Å². The number of nitrogens with one attached hydrogen (secondary N) is 1. The van der Waals surface area contributed by atoms with Gasteiger partial charge in [-0.25, -0.2) is 4.98 Å². The zero-order valence-electron chi connectivity index (χ0n) is 8.41. The number of H-pyrrole nitrogens is 1. The lowest BCUT2D eigenvalue weighted by Crippen LogP contribution is -2.17. The van der Waals surface area contributed by atoms with Crippen LogP contribution in [0.3, 0.4) is 0 Å². The summed E-state index contributed by atoms with van der Waals surface area (Å²) in [5.41, 5.74) is 0. The molecule has 1 unspecified atom stereocenters. The zero-order chi connectivity index (χ0) is 9.64. The minimum atomic E-state index is 0.770. The second-order valence-electron chi connectivity index (χ2n) is 3.91. The van der Waals surface area contributed by atoms with Gasteiger partial charge in [-0.1, -0.05) is 0 Å². The van der Waals surface area contributed by atoms with Gasteiger partial charge in [-0.15, -0.1) is 0 Å². The number of ether oxygens (including phenoxy) is 1. The summed E-state index contributed by atoms with van der Waals surface area (Å²) in [4.78, 5) is 4.10. The molecule has 4 heteroatoms. The maximum absolute atomic E-state index is 5.43. The predicted molar refractivity (Wildman–Crippen MR) is 52.9 cm³/mol. The van der Waals surface area contributed by atoms with Crippen LogP contribution < -0.4 is 0 Å². The number of hydrogen-bond acceptors (Lipinski definition) is 3. The quantitative estimate of drug-likeness (QED) is 0.793. The molecular formula is C10H17N3O. The molecular weight excluding hydrogens is 178 g/mol. The normalized spacial score (nSPS) is 22.4. The predicted octanol–water partition coefficient (Wildman–Crippen LogP) is 1.55. The fraction of sp³-hybridized carbons (Fsp3) is 0.800. The van der Waals surface area contributed by atoms with Crippen molar-refractivity contribution in [3.05, 3.63) is 12.2 Å². The van der Waals surface area contributed by atoms with Crippen molar-refractivity contribution < 1.29 is 4.74 Å². The third-order valence-electron chi connectivity index (χ3n) is 2.75. The third kappa shape index (κ3) is 2.80. The van der Waals surface area contributed by atoms with Gasteiger partial charge in [0.2, 0.25) is 0 Å². The molecule has 0 aromatic carbocycles. The summed E-state index contributed by atoms with van der Waals surface area (Å²) in [7, 11) is 0. The Balaban J connectivity index is 1.62. The van der Waals surface area contributed by atoms with Gasteiger partial charge in [0.25, 0.3) is 0 Å². The lowest BCUT2D eigenvalue weighted by atomic mass is 9.96. The fourth-order valence-corrected chi connectivity index (χ4v) is 1.94. The Morgan fingerprint density at radius 2 is 2.57 bits per heavy atom. The van der Waals surface area contributed by atoms with E-state index in [9.17, 15) is 0 Å². The molecule has 2 rings (SSSR count). The fourth-order valence-electron chi connectivity index (χ4n) is 1.94. The number of hydrogen-bond donors (Lipinski definition) is 1. The number of nitrogens with zero attached hydrogens (tertiary/aromatic N) is 2. The standard InChI is InChI=1S/C10H17N3O/c1(5-10-11-8-12-13-10)3-9-4-2-6-14-7-9/h8-9H,1-7H2,(H,11,12,13). The van der Waals surface area contributed by atoms with Gasteiger partial charge >= 0.3 is 0 Å². The molecule has 1 fully saturated rings. The van der Waals surface area contributed by atoms with Crippen molar-refractivity contribution in [2.45, 2.75) is 32.1 Å². The van der Waals surface area contributed by atoms with Crippen molar-refractivity contribution >= 4 is 0 Å². The van der Waals surface area contributed by atoms with E-state index in [4.69, 9.17) is 4.74 Å². The molecule has 1 aliphatic heterocycles. The molecule has 1 N–H and O–H groups in total. The minimum absolute atomic E-state index is 0.770. The molecule has 0 saturated carbocycles. The zero-order valence-corrected chi connectivity index (χ0v) is 8.41. The van der Waals surface area contributed by atoms with Gasteiger partial charge in [0.1, 0.15) is 12.2 Å². The van der Waals surface area contributed by atoms with Crippen molar-refractivity contribution in [1.82, 2.24) is 15.2 Å². The van der Waals surface area contributed by atoms with Crippen LogP contribution >= 0.6 is 0 Å². The molecule has 1 aliphatic rings. The molecule has 78 valence electrons. The van der Waals surface area contributed by atoms with Gasteiger partial charge < -0.3 is 4.74 Å². The second kappa shape index (κ2) is 5.10. The molecule has 1 atom stereocenters. The molecule has 14 heavy (non-hydrogen) atoms. The number of rotatable bonds is 4. The molecule has 0 amide bonds. The number of aromatic nitrogens is 3. The molecule has 1 saturated heterocycles. The van der Waals surface area contributed by atoms with Gasteiger partial charge in [-0.05, 0) is 31.6 Å². The van der Waals surface area contributed by atoms with E-state index in [0.717, 1.165) is 31.4 Å². The SMILES string of the molecule is c1n[nH]c(CCCC2CCCOC2)n1. The average molecular weight is 195 g/mol. The van der Waals surface area contributed by atoms with E-state index in [0.29, 0.717) is 0 Å². The van der Waals surface area contributed by atoms with E-state index in [-0.39, 0.29) is 0 Å². The molecule has 0 radical (unpaired) electrons. The first-order chi connectivity index (χ1) is 6.95. The summed E-state index contributed by atoms with van der Waals surface area (Å²) in [5, 5.41) is 6.71. The minimum Gasteiger partial charge on any atom is -0.381 e. The summed E-state index contributed by atoms with van der Waals surface area (Å²) in [6, 6.07) is 0. The van der Waals surface area contributed by atoms with Crippen molar-refractivity contribution in [1.29, 1.82) is 0 Å². The van der Waals surface area contributed by atoms with E-state index < -0.39 is 0 Å². The average Bonchev–Trinajstić information content (AvgIpc) is 2.72. The van der Waals surface area contributed by atoms with Gasteiger partial charge in [0.05, 0.1) is 0 Å².